The van der Waals surface area contributed by atoms with Crippen LogP contribution in [0.4, 0.5) is 17.1 Å². The van der Waals surface area contributed by atoms with Gasteiger partial charge in [0.2, 0.25) is 0 Å². The summed E-state index contributed by atoms with van der Waals surface area (Å²) in [5.74, 6) is 0. The van der Waals surface area contributed by atoms with Crippen LogP contribution in [0.25, 0.3) is 101 Å². The molecule has 0 unspecified atom stereocenters. The minimum absolute atomic E-state index is 0.542. The van der Waals surface area contributed by atoms with E-state index in [1.165, 1.54) is 123 Å². The molecular weight excluding hydrogens is 969 g/mol. The third kappa shape index (κ3) is 6.66. The number of thiophene rings is 2. The molecule has 1 aliphatic rings. The molecule has 0 radical (unpaired) electrons. The molecule has 15 aromatic rings. The number of rotatable bonds is 8. The van der Waals surface area contributed by atoms with Crippen LogP contribution in [-0.2, 0) is 5.41 Å². The molecule has 0 amide bonds. The zero-order chi connectivity index (χ0) is 50.6. The van der Waals surface area contributed by atoms with Crippen LogP contribution in [0.1, 0.15) is 22.3 Å². The van der Waals surface area contributed by atoms with Crippen LogP contribution >= 0.6 is 22.7 Å². The normalized spacial score (nSPS) is 12.8. The minimum atomic E-state index is -0.542. The molecule has 3 heterocycles. The Hall–Kier alpha value is -9.32. The largest absolute Gasteiger partial charge is 0.310 e. The smallest absolute Gasteiger partial charge is 0.0714 e. The van der Waals surface area contributed by atoms with Crippen molar-refractivity contribution < 1.29 is 0 Å². The van der Waals surface area contributed by atoms with Crippen molar-refractivity contribution in [1.82, 2.24) is 4.57 Å². The summed E-state index contributed by atoms with van der Waals surface area (Å²) in [6.45, 7) is 0. The van der Waals surface area contributed by atoms with E-state index in [0.717, 1.165) is 17.1 Å². The summed E-state index contributed by atoms with van der Waals surface area (Å²) in [6.07, 6.45) is 0. The summed E-state index contributed by atoms with van der Waals surface area (Å²) >= 11 is 3.77. The van der Waals surface area contributed by atoms with Gasteiger partial charge in [-0.2, -0.15) is 0 Å². The maximum absolute atomic E-state index is 2.54. The van der Waals surface area contributed by atoms with Gasteiger partial charge in [0.15, 0.2) is 0 Å². The molecule has 0 N–H and O–H groups in total. The molecule has 0 saturated carbocycles. The van der Waals surface area contributed by atoms with Crippen LogP contribution in [0.3, 0.4) is 0 Å². The van der Waals surface area contributed by atoms with E-state index >= 15 is 0 Å². The Labute approximate surface area is 454 Å². The van der Waals surface area contributed by atoms with Gasteiger partial charge in [-0.25, -0.2) is 0 Å². The minimum Gasteiger partial charge on any atom is -0.310 e. The van der Waals surface area contributed by atoms with Crippen LogP contribution in [0, 0.1) is 0 Å². The topological polar surface area (TPSA) is 8.17 Å². The first kappa shape index (κ1) is 44.0. The maximum atomic E-state index is 2.54. The fourth-order valence-corrected chi connectivity index (χ4v) is 15.3. The molecule has 0 bridgehead atoms. The zero-order valence-corrected chi connectivity index (χ0v) is 43.4. The summed E-state index contributed by atoms with van der Waals surface area (Å²) in [7, 11) is 0. The van der Waals surface area contributed by atoms with E-state index in [-0.39, 0.29) is 0 Å². The molecule has 0 fully saturated rings. The molecule has 16 rings (SSSR count). The Bertz CT molecular complexity index is 4760. The fourth-order valence-electron chi connectivity index (χ4n) is 12.9. The van der Waals surface area contributed by atoms with Crippen LogP contribution < -0.4 is 4.90 Å². The molecule has 77 heavy (non-hydrogen) atoms. The highest BCUT2D eigenvalue weighted by molar-refractivity contribution is 7.26. The van der Waals surface area contributed by atoms with Crippen molar-refractivity contribution in [2.75, 3.05) is 4.90 Å². The highest BCUT2D eigenvalue weighted by Crippen LogP contribution is 2.58. The first-order chi connectivity index (χ1) is 38.2. The van der Waals surface area contributed by atoms with Crippen LogP contribution in [0.15, 0.2) is 279 Å². The van der Waals surface area contributed by atoms with Crippen LogP contribution in [0.2, 0.25) is 0 Å². The van der Waals surface area contributed by atoms with E-state index in [9.17, 15) is 0 Å². The van der Waals surface area contributed by atoms with E-state index in [2.05, 4.69) is 289 Å². The molecule has 0 atom stereocenters. The van der Waals surface area contributed by atoms with Crippen molar-refractivity contribution in [2.45, 2.75) is 5.41 Å². The number of nitrogens with zero attached hydrogens (tertiary/aromatic N) is 2. The number of fused-ring (bicyclic) bond motifs is 13. The predicted octanol–water partition coefficient (Wildman–Crippen LogP) is 20.7. The molecule has 4 heteroatoms. The van der Waals surface area contributed by atoms with Gasteiger partial charge < -0.3 is 9.47 Å². The molecular formula is C73H46N2S2. The summed E-state index contributed by atoms with van der Waals surface area (Å²) < 4.78 is 7.73. The third-order valence-electron chi connectivity index (χ3n) is 16.2. The van der Waals surface area contributed by atoms with Gasteiger partial charge >= 0.3 is 0 Å². The average molecular weight is 1020 g/mol. The predicted molar refractivity (Wildman–Crippen MR) is 329 cm³/mol. The van der Waals surface area contributed by atoms with Crippen molar-refractivity contribution in [2.24, 2.45) is 0 Å². The van der Waals surface area contributed by atoms with E-state index in [4.69, 9.17) is 0 Å². The summed E-state index contributed by atoms with van der Waals surface area (Å²) in [5, 5.41) is 7.66. The van der Waals surface area contributed by atoms with E-state index < -0.39 is 5.41 Å². The lowest BCUT2D eigenvalue weighted by Gasteiger charge is -2.35. The number of benzene rings is 12. The van der Waals surface area contributed by atoms with Gasteiger partial charge in [0.1, 0.15) is 0 Å². The van der Waals surface area contributed by atoms with Crippen molar-refractivity contribution in [3.63, 3.8) is 0 Å². The fraction of sp³-hybridized carbons (Fsp3) is 0.0137. The second-order valence-electron chi connectivity index (χ2n) is 20.3. The average Bonchev–Trinajstić information content (AvgIpc) is 4.45. The molecule has 2 nitrogen and oxygen atoms in total. The van der Waals surface area contributed by atoms with Gasteiger partial charge in [-0.1, -0.05) is 200 Å². The van der Waals surface area contributed by atoms with Gasteiger partial charge in [-0.05, 0) is 129 Å². The number of para-hydroxylation sites is 1. The molecule has 0 spiro atoms. The van der Waals surface area contributed by atoms with Gasteiger partial charge in [0, 0.05) is 79.4 Å². The van der Waals surface area contributed by atoms with Crippen LogP contribution in [0.5, 0.6) is 0 Å². The van der Waals surface area contributed by atoms with Crippen molar-refractivity contribution in [3.8, 4) is 39.1 Å². The summed E-state index contributed by atoms with van der Waals surface area (Å²) in [6, 6.07) is 104. The standard InChI is InChI=1S/C73H46N2S2/c1-4-19-47(20-5-1)48-35-37-52(38-36-48)74(55-39-41-57-56-27-10-14-31-64(56)73(65(57)45-55,50-22-6-2-7-23-50)51-24-8-3-9-25-51)53-26-18-21-49(43-53)61-46-63-58-28-11-15-32-66(58)75(71(63)70-60-30-13-17-34-68(60)77-72(61)70)54-40-42-69-62(44-54)59-29-12-16-33-67(59)76-69/h1-46H. The molecule has 12 aromatic carbocycles. The summed E-state index contributed by atoms with van der Waals surface area (Å²) in [4.78, 5) is 2.47. The highest BCUT2D eigenvalue weighted by atomic mass is 32.1. The van der Waals surface area contributed by atoms with E-state index in [1.54, 1.807) is 0 Å². The molecule has 1 aliphatic carbocycles. The quantitative estimate of drug-likeness (QED) is 0.147. The second kappa shape index (κ2) is 17.4. The maximum Gasteiger partial charge on any atom is 0.0714 e. The second-order valence-corrected chi connectivity index (χ2v) is 22.4. The molecule has 0 saturated heterocycles. The van der Waals surface area contributed by atoms with Crippen molar-refractivity contribution in [3.05, 3.63) is 301 Å². The Kier molecular flexibility index (Phi) is 9.93. The van der Waals surface area contributed by atoms with Gasteiger partial charge in [-0.3, -0.25) is 0 Å². The summed E-state index contributed by atoms with van der Waals surface area (Å²) in [5.41, 5.74) is 18.7. The Morgan fingerprint density at radius 3 is 1.69 bits per heavy atom. The number of aromatic nitrogens is 1. The van der Waals surface area contributed by atoms with Gasteiger partial charge in [0.05, 0.1) is 16.4 Å². The molecule has 3 aromatic heterocycles. The number of hydrogen-bond acceptors (Lipinski definition) is 3. The first-order valence-corrected chi connectivity index (χ1v) is 28.0. The third-order valence-corrected chi connectivity index (χ3v) is 18.6. The SMILES string of the molecule is c1ccc(-c2ccc(N(c3cccc(-c4cc5c6ccccc6n(-c6ccc7sc8ccccc8c7c6)c5c5c4sc4ccccc45)c3)c3ccc4c(c3)C(c3ccccc3)(c3ccccc3)c3ccccc3-4)cc2)cc1. The number of anilines is 3. The van der Waals surface area contributed by atoms with Gasteiger partial charge in [-0.15, -0.1) is 22.7 Å². The molecule has 0 aliphatic heterocycles. The van der Waals surface area contributed by atoms with Crippen molar-refractivity contribution >= 4 is 102 Å². The monoisotopic (exact) mass is 1010 g/mol. The van der Waals surface area contributed by atoms with Crippen LogP contribution in [-0.4, -0.2) is 4.57 Å². The number of hydrogen-bond donors (Lipinski definition) is 0. The Balaban J connectivity index is 0.931. The zero-order valence-electron chi connectivity index (χ0n) is 41.8. The van der Waals surface area contributed by atoms with E-state index in [1.807, 2.05) is 22.7 Å². The van der Waals surface area contributed by atoms with Gasteiger partial charge in [0.25, 0.3) is 0 Å². The Morgan fingerprint density at radius 1 is 0.325 bits per heavy atom. The lowest BCUT2D eigenvalue weighted by molar-refractivity contribution is 0.768. The first-order valence-electron chi connectivity index (χ1n) is 26.4. The molecule has 360 valence electrons. The Morgan fingerprint density at radius 2 is 0.909 bits per heavy atom. The van der Waals surface area contributed by atoms with Crippen molar-refractivity contribution in [1.29, 1.82) is 0 Å². The highest BCUT2D eigenvalue weighted by Gasteiger charge is 2.46. The lowest BCUT2D eigenvalue weighted by atomic mass is 9.67. The lowest BCUT2D eigenvalue weighted by Crippen LogP contribution is -2.28. The van der Waals surface area contributed by atoms with E-state index in [0.29, 0.717) is 0 Å².